The van der Waals surface area contributed by atoms with Crippen molar-refractivity contribution in [1.82, 2.24) is 20.6 Å². The van der Waals surface area contributed by atoms with Gasteiger partial charge in [-0.25, -0.2) is 9.97 Å². The number of nitrogens with two attached hydrogens (primary N) is 1. The molecule has 0 unspecified atom stereocenters. The molecule has 1 aliphatic carbocycles. The number of aromatic nitrogens is 2. The highest BCUT2D eigenvalue weighted by atomic mass is 35.5. The average Bonchev–Trinajstić information content (AvgIpc) is 3.58. The van der Waals surface area contributed by atoms with E-state index in [9.17, 15) is 14.4 Å². The number of hydrogen-bond donors (Lipinski definition) is 3. The van der Waals surface area contributed by atoms with Crippen LogP contribution in [0.4, 0.5) is 5.69 Å². The average molecular weight is 457 g/mol. The van der Waals surface area contributed by atoms with Crippen molar-refractivity contribution in [3.8, 4) is 0 Å². The van der Waals surface area contributed by atoms with Crippen molar-refractivity contribution in [1.29, 1.82) is 0 Å². The summed E-state index contributed by atoms with van der Waals surface area (Å²) in [6.07, 6.45) is 7.13. The maximum Gasteiger partial charge on any atom is 0.255 e. The monoisotopic (exact) mass is 456 g/mol. The highest BCUT2D eigenvalue weighted by Crippen LogP contribution is 2.36. The number of halogens is 1. The summed E-state index contributed by atoms with van der Waals surface area (Å²) in [5.41, 5.74) is 6.09. The summed E-state index contributed by atoms with van der Waals surface area (Å²) in [7, 11) is 0. The summed E-state index contributed by atoms with van der Waals surface area (Å²) in [5, 5.41) is 6.18. The van der Waals surface area contributed by atoms with Gasteiger partial charge in [0.1, 0.15) is 11.9 Å². The fraction of sp³-hybridized carbons (Fsp3) is 0.409. The van der Waals surface area contributed by atoms with Crippen LogP contribution in [0.5, 0.6) is 0 Å². The molecule has 3 amide bonds. The van der Waals surface area contributed by atoms with Gasteiger partial charge >= 0.3 is 0 Å². The van der Waals surface area contributed by atoms with E-state index in [1.54, 1.807) is 12.1 Å². The Morgan fingerprint density at radius 1 is 1.16 bits per heavy atom. The van der Waals surface area contributed by atoms with Crippen LogP contribution in [-0.4, -0.2) is 52.9 Å². The van der Waals surface area contributed by atoms with Crippen molar-refractivity contribution < 1.29 is 14.4 Å². The molecular weight excluding hydrogens is 432 g/mol. The summed E-state index contributed by atoms with van der Waals surface area (Å²) >= 11 is 6.17. The fourth-order valence-corrected chi connectivity index (χ4v) is 4.31. The summed E-state index contributed by atoms with van der Waals surface area (Å²) in [5.74, 6) is -0.742. The van der Waals surface area contributed by atoms with Crippen molar-refractivity contribution in [2.45, 2.75) is 31.2 Å². The van der Waals surface area contributed by atoms with E-state index < -0.39 is 11.4 Å². The van der Waals surface area contributed by atoms with Gasteiger partial charge in [-0.2, -0.15) is 0 Å². The van der Waals surface area contributed by atoms with E-state index in [0.29, 0.717) is 41.5 Å². The number of primary amides is 1. The van der Waals surface area contributed by atoms with E-state index >= 15 is 0 Å². The molecule has 2 fully saturated rings. The molecular formula is C22H25ClN6O3. The molecule has 4 rings (SSSR count). The summed E-state index contributed by atoms with van der Waals surface area (Å²) in [4.78, 5) is 46.7. The van der Waals surface area contributed by atoms with Crippen LogP contribution >= 0.6 is 11.6 Å². The number of piperidine rings is 1. The zero-order chi connectivity index (χ0) is 22.7. The lowest BCUT2D eigenvalue weighted by atomic mass is 9.95. The molecule has 0 bridgehead atoms. The van der Waals surface area contributed by atoms with Crippen LogP contribution in [0, 0.1) is 5.92 Å². The number of hydrogen-bond acceptors (Lipinski definition) is 6. The third-order valence-corrected chi connectivity index (χ3v) is 6.42. The second-order valence-corrected chi connectivity index (χ2v) is 8.71. The lowest BCUT2D eigenvalue weighted by molar-refractivity contribution is -0.124. The molecule has 1 saturated carbocycles. The number of anilines is 1. The standard InChI is InChI=1S/C22H25ClN6O3/c23-16-2-1-3-17(18(16)19(24)30)29-8-4-14(5-9-29)10-27-21(32)22(6-7-22)28-20(31)15-11-25-13-26-12-15/h1-3,11-14H,4-10H2,(H2,24,30)(H,27,32)(H,28,31). The first-order valence-corrected chi connectivity index (χ1v) is 11.0. The fourth-order valence-electron chi connectivity index (χ4n) is 4.04. The number of nitrogens with one attached hydrogen (secondary N) is 2. The third-order valence-electron chi connectivity index (χ3n) is 6.10. The van der Waals surface area contributed by atoms with E-state index in [4.69, 9.17) is 17.3 Å². The van der Waals surface area contributed by atoms with Crippen LogP contribution in [0.1, 0.15) is 46.4 Å². The van der Waals surface area contributed by atoms with Crippen molar-refractivity contribution in [3.63, 3.8) is 0 Å². The molecule has 0 spiro atoms. The Morgan fingerprint density at radius 2 is 1.84 bits per heavy atom. The minimum Gasteiger partial charge on any atom is -0.371 e. The summed E-state index contributed by atoms with van der Waals surface area (Å²) in [6, 6.07) is 5.32. The minimum atomic E-state index is -0.842. The van der Waals surface area contributed by atoms with Gasteiger partial charge in [-0.05, 0) is 43.7 Å². The second kappa shape index (κ2) is 9.12. The topological polar surface area (TPSA) is 130 Å². The lowest BCUT2D eigenvalue weighted by Gasteiger charge is -2.35. The molecule has 168 valence electrons. The maximum absolute atomic E-state index is 12.7. The van der Waals surface area contributed by atoms with E-state index in [1.807, 2.05) is 6.07 Å². The van der Waals surface area contributed by atoms with Gasteiger partial charge in [-0.15, -0.1) is 0 Å². The molecule has 1 saturated heterocycles. The first-order chi connectivity index (χ1) is 15.4. The minimum absolute atomic E-state index is 0.156. The van der Waals surface area contributed by atoms with E-state index in [2.05, 4.69) is 25.5 Å². The number of carbonyl (C=O) groups is 3. The van der Waals surface area contributed by atoms with Crippen LogP contribution in [0.15, 0.2) is 36.9 Å². The highest BCUT2D eigenvalue weighted by Gasteiger charge is 2.51. The van der Waals surface area contributed by atoms with E-state index in [-0.39, 0.29) is 11.8 Å². The third kappa shape index (κ3) is 4.67. The largest absolute Gasteiger partial charge is 0.371 e. The Bertz CT molecular complexity index is 1020. The Labute approximate surface area is 190 Å². The van der Waals surface area contributed by atoms with Crippen LogP contribution < -0.4 is 21.3 Å². The molecule has 2 aromatic rings. The molecule has 0 radical (unpaired) electrons. The molecule has 2 heterocycles. The lowest BCUT2D eigenvalue weighted by Crippen LogP contribution is -2.50. The van der Waals surface area contributed by atoms with Crippen molar-refractivity contribution in [2.24, 2.45) is 11.7 Å². The predicted molar refractivity (Wildman–Crippen MR) is 119 cm³/mol. The van der Waals surface area contributed by atoms with E-state index in [0.717, 1.165) is 31.6 Å². The van der Waals surface area contributed by atoms with Gasteiger partial charge in [0, 0.05) is 32.0 Å². The van der Waals surface area contributed by atoms with Gasteiger partial charge in [0.2, 0.25) is 5.91 Å². The van der Waals surface area contributed by atoms with Crippen LogP contribution in [-0.2, 0) is 4.79 Å². The number of carbonyl (C=O) groups excluding carboxylic acids is 3. The normalized spacial score (nSPS) is 17.5. The van der Waals surface area contributed by atoms with Gasteiger partial charge in [0.25, 0.3) is 11.8 Å². The van der Waals surface area contributed by atoms with Crippen LogP contribution in [0.3, 0.4) is 0 Å². The Hall–Kier alpha value is -3.20. The Morgan fingerprint density at radius 3 is 2.47 bits per heavy atom. The molecule has 9 nitrogen and oxygen atoms in total. The Kier molecular flexibility index (Phi) is 6.27. The molecule has 2 aliphatic rings. The SMILES string of the molecule is NC(=O)c1c(Cl)cccc1N1CCC(CNC(=O)C2(NC(=O)c3cncnc3)CC2)CC1. The molecule has 10 heteroatoms. The molecule has 32 heavy (non-hydrogen) atoms. The predicted octanol–water partition coefficient (Wildman–Crippen LogP) is 1.52. The number of benzene rings is 1. The number of amides is 3. The highest BCUT2D eigenvalue weighted by molar-refractivity contribution is 6.34. The summed E-state index contributed by atoms with van der Waals surface area (Å²) in [6.45, 7) is 2.01. The molecule has 1 aromatic carbocycles. The van der Waals surface area contributed by atoms with Crippen molar-refractivity contribution in [3.05, 3.63) is 53.1 Å². The Balaban J connectivity index is 1.28. The van der Waals surface area contributed by atoms with Gasteiger partial charge in [0.05, 0.1) is 21.8 Å². The van der Waals surface area contributed by atoms with Gasteiger partial charge in [-0.1, -0.05) is 17.7 Å². The van der Waals surface area contributed by atoms with Gasteiger partial charge in [0.15, 0.2) is 0 Å². The van der Waals surface area contributed by atoms with Crippen LogP contribution in [0.2, 0.25) is 5.02 Å². The quantitative estimate of drug-likeness (QED) is 0.579. The zero-order valence-electron chi connectivity index (χ0n) is 17.5. The zero-order valence-corrected chi connectivity index (χ0v) is 18.3. The molecule has 1 aromatic heterocycles. The number of rotatable bonds is 7. The van der Waals surface area contributed by atoms with Crippen molar-refractivity contribution >= 4 is 35.0 Å². The van der Waals surface area contributed by atoms with Gasteiger partial charge < -0.3 is 21.3 Å². The van der Waals surface area contributed by atoms with Crippen LogP contribution in [0.25, 0.3) is 0 Å². The second-order valence-electron chi connectivity index (χ2n) is 8.30. The maximum atomic E-state index is 12.7. The van der Waals surface area contributed by atoms with Crippen molar-refractivity contribution in [2.75, 3.05) is 24.5 Å². The van der Waals surface area contributed by atoms with Gasteiger partial charge in [-0.3, -0.25) is 14.4 Å². The first kappa shape index (κ1) is 22.0. The molecule has 1 aliphatic heterocycles. The smallest absolute Gasteiger partial charge is 0.255 e. The molecule has 0 atom stereocenters. The first-order valence-electron chi connectivity index (χ1n) is 10.6. The number of nitrogens with zero attached hydrogens (tertiary/aromatic N) is 3. The molecule has 4 N–H and O–H groups in total. The van der Waals surface area contributed by atoms with E-state index in [1.165, 1.54) is 18.7 Å². The summed E-state index contributed by atoms with van der Waals surface area (Å²) < 4.78 is 0.